The van der Waals surface area contributed by atoms with Gasteiger partial charge in [-0.05, 0) is 54.6 Å². The highest BCUT2D eigenvalue weighted by atomic mass is 32.2. The van der Waals surface area contributed by atoms with Crippen molar-refractivity contribution >= 4 is 34.9 Å². The molecule has 3 amide bonds. The van der Waals surface area contributed by atoms with Crippen LogP contribution in [-0.2, 0) is 14.3 Å². The van der Waals surface area contributed by atoms with E-state index in [-0.39, 0.29) is 17.4 Å². The van der Waals surface area contributed by atoms with Gasteiger partial charge >= 0.3 is 0 Å². The average Bonchev–Trinajstić information content (AvgIpc) is 3.15. The van der Waals surface area contributed by atoms with Crippen LogP contribution in [0.1, 0.15) is 11.1 Å². The molecule has 2 aliphatic heterocycles. The molecule has 190 valence electrons. The topological polar surface area (TPSA) is 94.6 Å². The van der Waals surface area contributed by atoms with Gasteiger partial charge in [0.1, 0.15) is 25.5 Å². The van der Waals surface area contributed by atoms with E-state index in [9.17, 15) is 14.4 Å². The molecule has 10 heteroatoms. The second kappa shape index (κ2) is 12.0. The van der Waals surface area contributed by atoms with Gasteiger partial charge in [-0.1, -0.05) is 23.8 Å². The number of morpholine rings is 1. The number of hydrogen-bond acceptors (Lipinski definition) is 8. The van der Waals surface area contributed by atoms with Gasteiger partial charge < -0.3 is 23.8 Å². The monoisotopic (exact) mass is 512 g/mol. The number of carbonyl (C=O) groups is 3. The number of nitrogens with zero attached hydrogens (tertiary/aromatic N) is 2. The Morgan fingerprint density at radius 1 is 1.03 bits per heavy atom. The lowest BCUT2D eigenvalue weighted by atomic mass is 10.2. The number of ether oxygens (including phenoxy) is 4. The Hall–Kier alpha value is -3.50. The predicted molar refractivity (Wildman–Crippen MR) is 135 cm³/mol. The van der Waals surface area contributed by atoms with E-state index in [4.69, 9.17) is 18.9 Å². The summed E-state index contributed by atoms with van der Waals surface area (Å²) in [5.41, 5.74) is 1.83. The van der Waals surface area contributed by atoms with Crippen LogP contribution in [0.3, 0.4) is 0 Å². The first-order valence-electron chi connectivity index (χ1n) is 11.6. The number of carbonyl (C=O) groups excluding carboxylic acids is 3. The molecule has 2 aromatic rings. The molecule has 2 aliphatic rings. The normalized spacial score (nSPS) is 17.0. The van der Waals surface area contributed by atoms with Gasteiger partial charge in [0.15, 0.2) is 11.5 Å². The predicted octanol–water partition coefficient (Wildman–Crippen LogP) is 3.36. The summed E-state index contributed by atoms with van der Waals surface area (Å²) in [5, 5.41) is -0.464. The minimum absolute atomic E-state index is 0.247. The van der Waals surface area contributed by atoms with Crippen molar-refractivity contribution in [1.29, 1.82) is 0 Å². The molecule has 36 heavy (non-hydrogen) atoms. The van der Waals surface area contributed by atoms with E-state index in [0.717, 1.165) is 28.0 Å². The molecule has 0 aromatic heterocycles. The van der Waals surface area contributed by atoms with Crippen molar-refractivity contribution in [1.82, 2.24) is 9.80 Å². The largest absolute Gasteiger partial charge is 0.493 e. The molecule has 0 spiro atoms. The number of methoxy groups -OCH3 is 1. The molecule has 0 atom stereocenters. The summed E-state index contributed by atoms with van der Waals surface area (Å²) in [4.78, 5) is 40.6. The van der Waals surface area contributed by atoms with Crippen LogP contribution >= 0.6 is 11.8 Å². The second-order valence-corrected chi connectivity index (χ2v) is 9.17. The Balaban J connectivity index is 1.35. The van der Waals surface area contributed by atoms with E-state index in [1.165, 1.54) is 7.11 Å². The molecular weight excluding hydrogens is 484 g/mol. The van der Waals surface area contributed by atoms with Crippen molar-refractivity contribution in [2.24, 2.45) is 0 Å². The highest BCUT2D eigenvalue weighted by Gasteiger charge is 2.37. The van der Waals surface area contributed by atoms with Gasteiger partial charge in [0.2, 0.25) is 5.91 Å². The molecule has 2 aromatic carbocycles. The molecule has 0 unspecified atom stereocenters. The van der Waals surface area contributed by atoms with Crippen molar-refractivity contribution in [3.05, 3.63) is 58.5 Å². The Bertz CT molecular complexity index is 1140. The van der Waals surface area contributed by atoms with E-state index in [0.29, 0.717) is 56.6 Å². The minimum Gasteiger partial charge on any atom is -0.493 e. The first-order chi connectivity index (χ1) is 17.4. The third kappa shape index (κ3) is 6.38. The SMILES string of the molecule is COc1cc(/C=C2\SC(=O)N(CC(=O)N3CCOCC3)C2=O)ccc1OCCOc1ccc(C)cc1. The number of thioether (sulfide) groups is 1. The van der Waals surface area contributed by atoms with E-state index < -0.39 is 11.1 Å². The summed E-state index contributed by atoms with van der Waals surface area (Å²) in [6.07, 6.45) is 1.61. The fourth-order valence-electron chi connectivity index (χ4n) is 3.67. The Morgan fingerprint density at radius 2 is 1.75 bits per heavy atom. The Labute approximate surface area is 213 Å². The lowest BCUT2D eigenvalue weighted by molar-refractivity contribution is -0.139. The van der Waals surface area contributed by atoms with Crippen LogP contribution in [0.2, 0.25) is 0 Å². The van der Waals surface area contributed by atoms with Crippen LogP contribution < -0.4 is 14.2 Å². The highest BCUT2D eigenvalue weighted by molar-refractivity contribution is 8.18. The molecule has 9 nitrogen and oxygen atoms in total. The third-order valence-electron chi connectivity index (χ3n) is 5.65. The van der Waals surface area contributed by atoms with Crippen molar-refractivity contribution < 1.29 is 33.3 Å². The lowest BCUT2D eigenvalue weighted by Gasteiger charge is -2.28. The summed E-state index contributed by atoms with van der Waals surface area (Å²) in [7, 11) is 1.53. The number of imide groups is 1. The van der Waals surface area contributed by atoms with E-state index in [2.05, 4.69) is 0 Å². The zero-order chi connectivity index (χ0) is 25.5. The standard InChI is InChI=1S/C26H28N2O7S/c1-18-3-6-20(7-4-18)34-13-14-35-21-8-5-19(15-22(21)32-2)16-23-25(30)28(26(31)36-23)17-24(29)27-9-11-33-12-10-27/h3-8,15-16H,9-14,17H2,1-2H3/b23-16-. The maximum atomic E-state index is 12.8. The molecule has 4 rings (SSSR count). The first kappa shape index (κ1) is 25.6. The zero-order valence-corrected chi connectivity index (χ0v) is 21.0. The van der Waals surface area contributed by atoms with Crippen molar-refractivity contribution in [2.75, 3.05) is 53.2 Å². The molecule has 0 aliphatic carbocycles. The molecule has 0 radical (unpaired) electrons. The smallest absolute Gasteiger partial charge is 0.294 e. The molecule has 0 bridgehead atoms. The van der Waals surface area contributed by atoms with Gasteiger partial charge in [-0.2, -0.15) is 0 Å². The van der Waals surface area contributed by atoms with Crippen LogP contribution in [0.15, 0.2) is 47.4 Å². The number of hydrogen-bond donors (Lipinski definition) is 0. The summed E-state index contributed by atoms with van der Waals surface area (Å²) in [6.45, 7) is 4.24. The van der Waals surface area contributed by atoms with E-state index >= 15 is 0 Å². The number of benzene rings is 2. The van der Waals surface area contributed by atoms with Crippen molar-refractivity contribution in [3.8, 4) is 17.2 Å². The van der Waals surface area contributed by atoms with Gasteiger partial charge in [0, 0.05) is 13.1 Å². The second-order valence-electron chi connectivity index (χ2n) is 8.18. The zero-order valence-electron chi connectivity index (χ0n) is 20.2. The van der Waals surface area contributed by atoms with Crippen LogP contribution in [0.25, 0.3) is 6.08 Å². The molecule has 2 heterocycles. The average molecular weight is 513 g/mol. The summed E-state index contributed by atoms with van der Waals surface area (Å²) >= 11 is 0.813. The van der Waals surface area contributed by atoms with Crippen molar-refractivity contribution in [2.45, 2.75) is 6.92 Å². The Morgan fingerprint density at radius 3 is 2.47 bits per heavy atom. The Kier molecular flexibility index (Phi) is 8.50. The summed E-state index contributed by atoms with van der Waals surface area (Å²) < 4.78 is 22.2. The molecule has 0 saturated carbocycles. The number of amides is 3. The minimum atomic E-state index is -0.487. The van der Waals surface area contributed by atoms with E-state index in [1.807, 2.05) is 31.2 Å². The molecule has 2 fully saturated rings. The lowest BCUT2D eigenvalue weighted by Crippen LogP contribution is -2.46. The fraction of sp³-hybridized carbons (Fsp3) is 0.346. The maximum Gasteiger partial charge on any atom is 0.294 e. The van der Waals surface area contributed by atoms with Gasteiger partial charge in [0.25, 0.3) is 11.1 Å². The van der Waals surface area contributed by atoms with Gasteiger partial charge in [-0.3, -0.25) is 19.3 Å². The van der Waals surface area contributed by atoms with Gasteiger partial charge in [-0.25, -0.2) is 0 Å². The third-order valence-corrected chi connectivity index (χ3v) is 6.55. The number of aryl methyl sites for hydroxylation is 1. The van der Waals surface area contributed by atoms with Crippen molar-refractivity contribution in [3.63, 3.8) is 0 Å². The van der Waals surface area contributed by atoms with E-state index in [1.54, 1.807) is 29.2 Å². The van der Waals surface area contributed by atoms with Crippen LogP contribution in [-0.4, -0.2) is 80.0 Å². The molecule has 2 saturated heterocycles. The van der Waals surface area contributed by atoms with Gasteiger partial charge in [-0.15, -0.1) is 0 Å². The first-order valence-corrected chi connectivity index (χ1v) is 12.4. The molecule has 0 N–H and O–H groups in total. The quantitative estimate of drug-likeness (QED) is 0.373. The van der Waals surface area contributed by atoms with Crippen LogP contribution in [0, 0.1) is 6.92 Å². The maximum absolute atomic E-state index is 12.8. The molecular formula is C26H28N2O7S. The fourth-order valence-corrected chi connectivity index (χ4v) is 4.51. The number of rotatable bonds is 9. The summed E-state index contributed by atoms with van der Waals surface area (Å²) in [6, 6.07) is 13.0. The summed E-state index contributed by atoms with van der Waals surface area (Å²) in [5.74, 6) is 1.04. The van der Waals surface area contributed by atoms with Crippen LogP contribution in [0.5, 0.6) is 17.2 Å². The van der Waals surface area contributed by atoms with Gasteiger partial charge in [0.05, 0.1) is 25.2 Å². The van der Waals surface area contributed by atoms with Crippen LogP contribution in [0.4, 0.5) is 4.79 Å². The highest BCUT2D eigenvalue weighted by Crippen LogP contribution is 2.34.